The fourth-order valence-electron chi connectivity index (χ4n) is 2.85. The Labute approximate surface area is 131 Å². The first-order valence-electron chi connectivity index (χ1n) is 7.69. The van der Waals surface area contributed by atoms with E-state index in [0.29, 0.717) is 31.0 Å². The average molecular weight is 315 g/mol. The summed E-state index contributed by atoms with van der Waals surface area (Å²) >= 11 is 0. The fraction of sp³-hybridized carbons (Fsp3) is 0.571. The highest BCUT2D eigenvalue weighted by atomic mass is 16.2. The van der Waals surface area contributed by atoms with E-state index in [1.165, 1.54) is 4.57 Å². The molecule has 3 heterocycles. The van der Waals surface area contributed by atoms with E-state index in [0.717, 1.165) is 23.8 Å². The van der Waals surface area contributed by atoms with E-state index in [1.807, 2.05) is 6.07 Å². The summed E-state index contributed by atoms with van der Waals surface area (Å²) in [4.78, 5) is 25.0. The summed E-state index contributed by atoms with van der Waals surface area (Å²) in [5.41, 5.74) is -0.360. The third kappa shape index (κ3) is 2.56. The third-order valence-electron chi connectivity index (χ3n) is 4.07. The molecule has 2 aromatic rings. The molecule has 0 fully saturated rings. The van der Waals surface area contributed by atoms with Gasteiger partial charge in [-0.25, -0.2) is 9.48 Å². The molecule has 0 unspecified atom stereocenters. The second-order valence-electron chi connectivity index (χ2n) is 5.53. The number of aromatic nitrogens is 6. The zero-order valence-electron chi connectivity index (χ0n) is 12.9. The lowest BCUT2D eigenvalue weighted by atomic mass is 10.2. The van der Waals surface area contributed by atoms with Crippen LogP contribution >= 0.6 is 0 Å². The maximum absolute atomic E-state index is 12.5. The van der Waals surface area contributed by atoms with Crippen LogP contribution in [0.3, 0.4) is 0 Å². The van der Waals surface area contributed by atoms with E-state index in [9.17, 15) is 14.9 Å². The number of nitriles is 1. The predicted octanol–water partition coefficient (Wildman–Crippen LogP) is -0.337. The average Bonchev–Trinajstić information content (AvgIpc) is 3.19. The van der Waals surface area contributed by atoms with Crippen LogP contribution in [-0.2, 0) is 26.1 Å². The molecule has 0 amide bonds. The highest BCUT2D eigenvalue weighted by Crippen LogP contribution is 2.13. The predicted molar refractivity (Wildman–Crippen MR) is 79.8 cm³/mol. The van der Waals surface area contributed by atoms with Gasteiger partial charge in [-0.1, -0.05) is 13.3 Å². The number of unbranched alkanes of at least 4 members (excludes halogenated alkanes) is 1. The van der Waals surface area contributed by atoms with Gasteiger partial charge in [-0.05, 0) is 29.7 Å². The van der Waals surface area contributed by atoms with E-state index >= 15 is 0 Å². The number of hydrogen-bond acceptors (Lipinski definition) is 6. The maximum Gasteiger partial charge on any atom is 0.331 e. The molecule has 0 atom stereocenters. The molecule has 0 radical (unpaired) electrons. The van der Waals surface area contributed by atoms with Gasteiger partial charge in [-0.3, -0.25) is 13.9 Å². The molecule has 23 heavy (non-hydrogen) atoms. The lowest BCUT2D eigenvalue weighted by Crippen LogP contribution is -2.42. The Balaban J connectivity index is 2.05. The lowest BCUT2D eigenvalue weighted by Gasteiger charge is -2.10. The largest absolute Gasteiger partial charge is 0.331 e. The van der Waals surface area contributed by atoms with Crippen LogP contribution in [-0.4, -0.2) is 29.3 Å². The Morgan fingerprint density at radius 3 is 2.91 bits per heavy atom. The van der Waals surface area contributed by atoms with Crippen LogP contribution in [0.5, 0.6) is 0 Å². The van der Waals surface area contributed by atoms with E-state index in [-0.39, 0.29) is 12.1 Å². The molecule has 0 bridgehead atoms. The van der Waals surface area contributed by atoms with Gasteiger partial charge >= 0.3 is 5.69 Å². The molecule has 120 valence electrons. The van der Waals surface area contributed by atoms with Crippen molar-refractivity contribution >= 4 is 0 Å². The Hall–Kier alpha value is -2.76. The Morgan fingerprint density at radius 2 is 2.17 bits per heavy atom. The number of aryl methyl sites for hydroxylation is 1. The summed E-state index contributed by atoms with van der Waals surface area (Å²) in [5, 5.41) is 20.7. The van der Waals surface area contributed by atoms with Crippen molar-refractivity contribution in [3.05, 3.63) is 37.9 Å². The summed E-state index contributed by atoms with van der Waals surface area (Å²) in [7, 11) is 0. The first-order valence-corrected chi connectivity index (χ1v) is 7.69. The van der Waals surface area contributed by atoms with Crippen molar-refractivity contribution in [2.24, 2.45) is 0 Å². The van der Waals surface area contributed by atoms with E-state index in [2.05, 4.69) is 22.4 Å². The Morgan fingerprint density at radius 1 is 1.35 bits per heavy atom. The number of tetrazole rings is 1. The number of nitrogens with zero attached hydrogens (tertiary/aromatic N) is 7. The van der Waals surface area contributed by atoms with Gasteiger partial charge in [0.25, 0.3) is 5.56 Å². The molecule has 9 heteroatoms. The molecule has 0 aromatic carbocycles. The second kappa shape index (κ2) is 6.16. The minimum Gasteiger partial charge on any atom is -0.296 e. The monoisotopic (exact) mass is 315 g/mol. The normalized spacial score (nSPS) is 13.0. The summed E-state index contributed by atoms with van der Waals surface area (Å²) in [6.45, 7) is 3.19. The number of hydrogen-bond donors (Lipinski definition) is 0. The first-order chi connectivity index (χ1) is 11.2. The van der Waals surface area contributed by atoms with Gasteiger partial charge in [-0.15, -0.1) is 5.10 Å². The van der Waals surface area contributed by atoms with Gasteiger partial charge in [0, 0.05) is 18.8 Å². The van der Waals surface area contributed by atoms with Crippen molar-refractivity contribution < 1.29 is 0 Å². The molecule has 0 N–H and O–H groups in total. The SMILES string of the molecule is CCCCn1nnnc1Cn1c(=O)c(C#N)c2n(c1=O)CCC2. The molecule has 9 nitrogen and oxygen atoms in total. The summed E-state index contributed by atoms with van der Waals surface area (Å²) in [6, 6.07) is 1.94. The topological polar surface area (TPSA) is 111 Å². The van der Waals surface area contributed by atoms with E-state index in [1.54, 1.807) is 4.68 Å². The van der Waals surface area contributed by atoms with Crippen molar-refractivity contribution in [2.75, 3.05) is 0 Å². The first kappa shape index (κ1) is 15.1. The van der Waals surface area contributed by atoms with Crippen molar-refractivity contribution in [1.82, 2.24) is 29.3 Å². The quantitative estimate of drug-likeness (QED) is 0.746. The van der Waals surface area contributed by atoms with Gasteiger partial charge in [0.2, 0.25) is 0 Å². The maximum atomic E-state index is 12.5. The molecule has 0 saturated carbocycles. The highest BCUT2D eigenvalue weighted by Gasteiger charge is 2.23. The van der Waals surface area contributed by atoms with Gasteiger partial charge in [0.1, 0.15) is 11.6 Å². The highest BCUT2D eigenvalue weighted by molar-refractivity contribution is 5.33. The molecular formula is C14H17N7O2. The van der Waals surface area contributed by atoms with Gasteiger partial charge in [-0.2, -0.15) is 5.26 Å². The zero-order valence-corrected chi connectivity index (χ0v) is 12.9. The van der Waals surface area contributed by atoms with Crippen molar-refractivity contribution in [3.63, 3.8) is 0 Å². The van der Waals surface area contributed by atoms with Gasteiger partial charge in [0.15, 0.2) is 5.82 Å². The molecule has 3 rings (SSSR count). The van der Waals surface area contributed by atoms with Crippen molar-refractivity contribution in [2.45, 2.75) is 52.2 Å². The summed E-state index contributed by atoms with van der Waals surface area (Å²) in [5.74, 6) is 0.445. The van der Waals surface area contributed by atoms with E-state index < -0.39 is 11.2 Å². The van der Waals surface area contributed by atoms with Crippen molar-refractivity contribution in [3.8, 4) is 6.07 Å². The van der Waals surface area contributed by atoms with Crippen LogP contribution < -0.4 is 11.2 Å². The minimum absolute atomic E-state index is 0.0245. The molecule has 1 aliphatic heterocycles. The van der Waals surface area contributed by atoms with Crippen LogP contribution in [0.4, 0.5) is 0 Å². The Bertz CT molecular complexity index is 884. The number of rotatable bonds is 5. The van der Waals surface area contributed by atoms with Gasteiger partial charge < -0.3 is 0 Å². The summed E-state index contributed by atoms with van der Waals surface area (Å²) in [6.07, 6.45) is 3.24. The Kier molecular flexibility index (Phi) is 4.06. The molecule has 0 saturated heterocycles. The lowest BCUT2D eigenvalue weighted by molar-refractivity contribution is 0.509. The standard InChI is InChI=1S/C14H17N7O2/c1-2-3-7-21-12(16-17-18-21)9-20-13(22)10(8-15)11-5-4-6-19(11)14(20)23/h2-7,9H2,1H3. The molecule has 0 spiro atoms. The second-order valence-corrected chi connectivity index (χ2v) is 5.53. The van der Waals surface area contributed by atoms with Crippen LogP contribution in [0, 0.1) is 11.3 Å². The fourth-order valence-corrected chi connectivity index (χ4v) is 2.85. The minimum atomic E-state index is -0.560. The van der Waals surface area contributed by atoms with Crippen LogP contribution in [0.15, 0.2) is 9.59 Å². The van der Waals surface area contributed by atoms with Crippen LogP contribution in [0.25, 0.3) is 0 Å². The molecule has 1 aliphatic rings. The smallest absolute Gasteiger partial charge is 0.296 e. The molecular weight excluding hydrogens is 298 g/mol. The van der Waals surface area contributed by atoms with Crippen LogP contribution in [0.2, 0.25) is 0 Å². The molecule has 2 aromatic heterocycles. The molecule has 0 aliphatic carbocycles. The number of fused-ring (bicyclic) bond motifs is 1. The van der Waals surface area contributed by atoms with Gasteiger partial charge in [0.05, 0.1) is 6.54 Å². The van der Waals surface area contributed by atoms with E-state index in [4.69, 9.17) is 0 Å². The van der Waals surface area contributed by atoms with Crippen molar-refractivity contribution in [1.29, 1.82) is 5.26 Å². The van der Waals surface area contributed by atoms with Crippen LogP contribution in [0.1, 0.15) is 43.3 Å². The summed E-state index contributed by atoms with van der Waals surface area (Å²) < 4.78 is 4.17. The third-order valence-corrected chi connectivity index (χ3v) is 4.07. The zero-order chi connectivity index (χ0) is 16.4.